The van der Waals surface area contributed by atoms with E-state index in [4.69, 9.17) is 0 Å². The van der Waals surface area contributed by atoms with Crippen molar-refractivity contribution in [2.75, 3.05) is 0 Å². The van der Waals surface area contributed by atoms with Crippen molar-refractivity contribution in [2.24, 2.45) is 0 Å². The van der Waals surface area contributed by atoms with Crippen LogP contribution < -0.4 is 4.13 Å². The van der Waals surface area contributed by atoms with Gasteiger partial charge in [0.15, 0.2) is 17.5 Å². The number of halogens is 18. The fourth-order valence-corrected chi connectivity index (χ4v) is 6.30. The van der Waals surface area contributed by atoms with Gasteiger partial charge in [-0.15, -0.1) is 4.13 Å². The Labute approximate surface area is 190 Å². The summed E-state index contributed by atoms with van der Waals surface area (Å²) in [6.45, 7) is 0. The van der Waals surface area contributed by atoms with E-state index in [1.807, 2.05) is 0 Å². The molecule has 0 aromatic heterocycles. The first-order valence-electron chi connectivity index (χ1n) is 7.63. The first kappa shape index (κ1) is 32.8. The van der Waals surface area contributed by atoms with Crippen LogP contribution in [0.5, 0.6) is 0 Å². The minimum absolute atomic E-state index is 1.22. The molecule has 0 amide bonds. The molecule has 0 unspecified atom stereocenters. The Morgan fingerprint density at radius 2 is 0.784 bits per heavy atom. The molecule has 25 heteroatoms. The van der Waals surface area contributed by atoms with Gasteiger partial charge >= 0.3 is 35.6 Å². The van der Waals surface area contributed by atoms with E-state index >= 15 is 0 Å². The highest BCUT2D eigenvalue weighted by atomic mass is 32.3. The Morgan fingerprint density at radius 1 is 0.486 bits per heavy atom. The van der Waals surface area contributed by atoms with Crippen molar-refractivity contribution in [2.45, 2.75) is 40.5 Å². The number of hydrogen-bond donors (Lipinski definition) is 1. The van der Waals surface area contributed by atoms with Gasteiger partial charge in [0.1, 0.15) is 16.0 Å². The molecule has 0 aliphatic rings. The molecule has 1 aromatic carbocycles. The fraction of sp³-hybridized carbons (Fsp3) is 0.500. The molecule has 0 heterocycles. The predicted molar refractivity (Wildman–Crippen MR) is 76.5 cm³/mol. The molecule has 0 bridgehead atoms. The number of nitrogens with one attached hydrogen (secondary N) is 1. The summed E-state index contributed by atoms with van der Waals surface area (Å²) in [5, 5.41) is 0. The third-order valence-electron chi connectivity index (χ3n) is 3.93. The van der Waals surface area contributed by atoms with E-state index in [1.165, 1.54) is 0 Å². The number of hydrogen-bond acceptors (Lipinski definition) is 4. The van der Waals surface area contributed by atoms with Crippen LogP contribution in [0.2, 0.25) is 0 Å². The smallest absolute Gasteiger partial charge is 0.210 e. The highest BCUT2D eigenvalue weighted by Gasteiger charge is 2.91. The molecule has 0 atom stereocenters. The summed E-state index contributed by atoms with van der Waals surface area (Å²) in [7, 11) is -16.8. The van der Waals surface area contributed by atoms with Crippen molar-refractivity contribution in [3.8, 4) is 0 Å². The minimum Gasteiger partial charge on any atom is -0.210 e. The zero-order chi connectivity index (χ0) is 30.2. The molecule has 0 radical (unpaired) electrons. The first-order valence-corrected chi connectivity index (χ1v) is 10.6. The molecule has 1 aromatic rings. The van der Waals surface area contributed by atoms with Crippen molar-refractivity contribution >= 4 is 20.0 Å². The summed E-state index contributed by atoms with van der Waals surface area (Å²) in [5.74, 6) is -12.1. The predicted octanol–water partition coefficient (Wildman–Crippen LogP) is 5.18. The quantitative estimate of drug-likeness (QED) is 0.368. The summed E-state index contributed by atoms with van der Waals surface area (Å²) in [5.41, 5.74) is -8.04. The Morgan fingerprint density at radius 3 is 1.05 bits per heavy atom. The summed E-state index contributed by atoms with van der Waals surface area (Å²) in [6, 6.07) is 0. The standard InChI is InChI=1S/C12HF18NO4S2/c13-3-1(7(16,17)18)5(15)6(2(4(3)14)8(19,20)21)36(32,33)31-37(34,35)9(10(22,23)24,11(25,26)27)12(28,29)30/h31H. The van der Waals surface area contributed by atoms with E-state index in [0.29, 0.717) is 0 Å². The lowest BCUT2D eigenvalue weighted by molar-refractivity contribution is -0.347. The SMILES string of the molecule is O=S(=O)(NS(=O)(=O)C(C(F)(F)F)(C(F)(F)F)C(F)(F)F)c1c(F)c(C(F)(F)F)c(F)c(F)c1C(F)(F)F. The van der Waals surface area contributed by atoms with E-state index in [0.717, 1.165) is 0 Å². The minimum atomic E-state index is -8.86. The van der Waals surface area contributed by atoms with Gasteiger partial charge in [0.2, 0.25) is 0 Å². The van der Waals surface area contributed by atoms with Gasteiger partial charge in [-0.3, -0.25) is 0 Å². The largest absolute Gasteiger partial charge is 0.427 e. The molecule has 0 saturated carbocycles. The van der Waals surface area contributed by atoms with E-state index in [-0.39, 0.29) is 0 Å². The zero-order valence-corrected chi connectivity index (χ0v) is 17.4. The molecule has 0 aliphatic carbocycles. The lowest BCUT2D eigenvalue weighted by Gasteiger charge is -2.37. The normalized spacial score (nSPS) is 15.3. The Kier molecular flexibility index (Phi) is 7.70. The third kappa shape index (κ3) is 5.12. The summed E-state index contributed by atoms with van der Waals surface area (Å²) in [4.78, 5) is -4.14. The maximum absolute atomic E-state index is 14.2. The van der Waals surface area contributed by atoms with Gasteiger partial charge in [0.25, 0.3) is 20.0 Å². The van der Waals surface area contributed by atoms with Crippen LogP contribution in [-0.2, 0) is 32.4 Å². The molecular formula is C12HF18NO4S2. The topological polar surface area (TPSA) is 80.3 Å². The monoisotopic (exact) mass is 629 g/mol. The highest BCUT2D eigenvalue weighted by Crippen LogP contribution is 2.57. The fourth-order valence-electron chi connectivity index (χ4n) is 2.58. The second-order valence-electron chi connectivity index (χ2n) is 6.28. The van der Waals surface area contributed by atoms with Crippen LogP contribution in [-0.4, -0.2) is 40.1 Å². The van der Waals surface area contributed by atoms with E-state index in [9.17, 15) is 95.9 Å². The van der Waals surface area contributed by atoms with Gasteiger partial charge in [-0.1, -0.05) is 0 Å². The van der Waals surface area contributed by atoms with Crippen molar-refractivity contribution < 1.29 is 95.9 Å². The van der Waals surface area contributed by atoms with Crippen molar-refractivity contribution in [1.29, 1.82) is 0 Å². The highest BCUT2D eigenvalue weighted by molar-refractivity contribution is 8.05. The van der Waals surface area contributed by atoms with Crippen LogP contribution in [0.15, 0.2) is 4.90 Å². The second-order valence-corrected chi connectivity index (χ2v) is 9.98. The first-order chi connectivity index (χ1) is 15.8. The zero-order valence-electron chi connectivity index (χ0n) is 15.8. The van der Waals surface area contributed by atoms with Gasteiger partial charge in [-0.2, -0.15) is 65.9 Å². The maximum atomic E-state index is 14.2. The van der Waals surface area contributed by atoms with Gasteiger partial charge in [0.05, 0.1) is 0 Å². The number of alkyl halides is 15. The lowest BCUT2D eigenvalue weighted by atomic mass is 10.1. The van der Waals surface area contributed by atoms with Crippen molar-refractivity contribution in [3.05, 3.63) is 28.6 Å². The number of benzene rings is 1. The molecule has 0 aliphatic heterocycles. The van der Waals surface area contributed by atoms with Crippen LogP contribution >= 0.6 is 0 Å². The summed E-state index contributed by atoms with van der Waals surface area (Å²) >= 11 is 0. The average molecular weight is 629 g/mol. The number of sulfonamides is 2. The van der Waals surface area contributed by atoms with Crippen LogP contribution in [0.1, 0.15) is 11.1 Å². The molecular weight excluding hydrogens is 628 g/mol. The van der Waals surface area contributed by atoms with E-state index < -0.39 is 93.3 Å². The molecule has 37 heavy (non-hydrogen) atoms. The third-order valence-corrected chi connectivity index (χ3v) is 8.11. The van der Waals surface area contributed by atoms with Crippen LogP contribution in [0.3, 0.4) is 0 Å². The molecule has 0 spiro atoms. The van der Waals surface area contributed by atoms with Crippen molar-refractivity contribution in [1.82, 2.24) is 4.13 Å². The Balaban J connectivity index is 4.34. The summed E-state index contributed by atoms with van der Waals surface area (Å²) in [6.07, 6.45) is -38.1. The molecule has 1 rings (SSSR count). The summed E-state index contributed by atoms with van der Waals surface area (Å²) < 4.78 is 273. The molecule has 0 fully saturated rings. The van der Waals surface area contributed by atoms with Crippen molar-refractivity contribution in [3.63, 3.8) is 0 Å². The van der Waals surface area contributed by atoms with Gasteiger partial charge in [-0.25, -0.2) is 30.0 Å². The van der Waals surface area contributed by atoms with Crippen LogP contribution in [0.25, 0.3) is 0 Å². The Bertz CT molecular complexity index is 1240. The second kappa shape index (κ2) is 8.67. The average Bonchev–Trinajstić information content (AvgIpc) is 2.49. The molecule has 1 N–H and O–H groups in total. The number of rotatable bonds is 4. The van der Waals surface area contributed by atoms with E-state index in [2.05, 4.69) is 0 Å². The van der Waals surface area contributed by atoms with Gasteiger partial charge < -0.3 is 0 Å². The Hall–Kier alpha value is -2.18. The van der Waals surface area contributed by atoms with Gasteiger partial charge in [-0.05, 0) is 0 Å². The molecule has 0 saturated heterocycles. The molecule has 5 nitrogen and oxygen atoms in total. The van der Waals surface area contributed by atoms with Crippen LogP contribution in [0, 0.1) is 17.5 Å². The van der Waals surface area contributed by atoms with Gasteiger partial charge in [0, 0.05) is 0 Å². The maximum Gasteiger partial charge on any atom is 0.427 e. The molecule has 216 valence electrons. The van der Waals surface area contributed by atoms with Crippen LogP contribution in [0.4, 0.5) is 79.0 Å². The van der Waals surface area contributed by atoms with E-state index in [1.54, 1.807) is 0 Å². The lowest BCUT2D eigenvalue weighted by Crippen LogP contribution is -2.73.